The van der Waals surface area contributed by atoms with Crippen LogP contribution in [0.25, 0.3) is 0 Å². The molecule has 0 aromatic carbocycles. The summed E-state index contributed by atoms with van der Waals surface area (Å²) in [6.07, 6.45) is 0.795. The molecule has 1 aromatic rings. The molecule has 0 aliphatic carbocycles. The number of carbonyl (C=O) groups excluding carboxylic acids is 1. The Morgan fingerprint density at radius 3 is 2.81 bits per heavy atom. The number of amides is 2. The van der Waals surface area contributed by atoms with Crippen molar-refractivity contribution >= 4 is 12.0 Å². The van der Waals surface area contributed by atoms with Gasteiger partial charge < -0.3 is 4.90 Å². The van der Waals surface area contributed by atoms with E-state index in [1.165, 1.54) is 0 Å². The van der Waals surface area contributed by atoms with Gasteiger partial charge in [0.25, 0.3) is 5.95 Å². The van der Waals surface area contributed by atoms with Crippen LogP contribution in [-0.2, 0) is 0 Å². The first-order valence-corrected chi connectivity index (χ1v) is 4.81. The Kier molecular flexibility index (Phi) is 4.61. The van der Waals surface area contributed by atoms with Crippen molar-refractivity contribution in [1.82, 2.24) is 30.5 Å². The molecule has 1 aromatic heterocycles. The van der Waals surface area contributed by atoms with Crippen molar-refractivity contribution in [3.8, 4) is 0 Å². The van der Waals surface area contributed by atoms with E-state index in [0.29, 0.717) is 6.54 Å². The highest BCUT2D eigenvalue weighted by Gasteiger charge is 2.11. The number of aromatic nitrogens is 4. The zero-order chi connectivity index (χ0) is 12.0. The second kappa shape index (κ2) is 5.98. The molecule has 90 valence electrons. The van der Waals surface area contributed by atoms with E-state index in [1.54, 1.807) is 0 Å². The van der Waals surface area contributed by atoms with E-state index in [9.17, 15) is 4.79 Å². The first-order chi connectivity index (χ1) is 7.59. The van der Waals surface area contributed by atoms with Gasteiger partial charge in [0.1, 0.15) is 0 Å². The Balaban J connectivity index is 2.25. The molecule has 0 saturated heterocycles. The van der Waals surface area contributed by atoms with Crippen LogP contribution in [0, 0.1) is 0 Å². The molecular formula is C7H16N8O. The summed E-state index contributed by atoms with van der Waals surface area (Å²) in [7, 11) is 3.92. The maximum absolute atomic E-state index is 11.4. The Hall–Kier alpha value is -1.74. The molecule has 0 bridgehead atoms. The predicted molar refractivity (Wildman–Crippen MR) is 57.3 cm³/mol. The Morgan fingerprint density at radius 2 is 2.25 bits per heavy atom. The molecule has 16 heavy (non-hydrogen) atoms. The summed E-state index contributed by atoms with van der Waals surface area (Å²) in [5.41, 5.74) is 0. The molecule has 0 atom stereocenters. The van der Waals surface area contributed by atoms with Gasteiger partial charge in [-0.25, -0.2) is 10.6 Å². The van der Waals surface area contributed by atoms with E-state index in [4.69, 9.17) is 5.84 Å². The summed E-state index contributed by atoms with van der Waals surface area (Å²) >= 11 is 0. The number of H-pyrrole nitrogens is 1. The van der Waals surface area contributed by atoms with Crippen LogP contribution >= 0.6 is 0 Å². The number of nitrogens with two attached hydrogens (primary N) is 1. The SMILES string of the molecule is CN(C)CCCN(N)C(=O)Nc1nn[nH]n1. The van der Waals surface area contributed by atoms with Gasteiger partial charge in [-0.15, -0.1) is 5.10 Å². The number of urea groups is 1. The van der Waals surface area contributed by atoms with E-state index in [0.717, 1.165) is 18.0 Å². The molecule has 0 aliphatic heterocycles. The fourth-order valence-corrected chi connectivity index (χ4v) is 1.04. The average Bonchev–Trinajstić information content (AvgIpc) is 2.69. The van der Waals surface area contributed by atoms with Crippen molar-refractivity contribution in [2.75, 3.05) is 32.5 Å². The van der Waals surface area contributed by atoms with Gasteiger partial charge in [-0.3, -0.25) is 10.3 Å². The van der Waals surface area contributed by atoms with Crippen molar-refractivity contribution in [2.45, 2.75) is 6.42 Å². The van der Waals surface area contributed by atoms with Crippen LogP contribution in [0.4, 0.5) is 10.7 Å². The van der Waals surface area contributed by atoms with Gasteiger partial charge in [0.05, 0.1) is 0 Å². The Labute approximate surface area is 92.9 Å². The number of hydrogen-bond acceptors (Lipinski definition) is 6. The van der Waals surface area contributed by atoms with E-state index in [2.05, 4.69) is 25.9 Å². The van der Waals surface area contributed by atoms with Crippen LogP contribution in [0.5, 0.6) is 0 Å². The largest absolute Gasteiger partial charge is 0.338 e. The number of hydrogen-bond donors (Lipinski definition) is 3. The van der Waals surface area contributed by atoms with Gasteiger partial charge >= 0.3 is 6.03 Å². The topological polar surface area (TPSA) is 116 Å². The number of hydrazine groups is 1. The van der Waals surface area contributed by atoms with Crippen LogP contribution in [0.1, 0.15) is 6.42 Å². The summed E-state index contributed by atoms with van der Waals surface area (Å²) in [5.74, 6) is 5.64. The first kappa shape index (κ1) is 12.3. The summed E-state index contributed by atoms with van der Waals surface area (Å²) in [6, 6.07) is -0.458. The lowest BCUT2D eigenvalue weighted by Gasteiger charge is -2.17. The minimum atomic E-state index is -0.458. The highest BCUT2D eigenvalue weighted by molar-refractivity contribution is 5.86. The maximum atomic E-state index is 11.4. The molecule has 0 aliphatic rings. The monoisotopic (exact) mass is 228 g/mol. The van der Waals surface area contributed by atoms with Crippen molar-refractivity contribution in [1.29, 1.82) is 0 Å². The third-order valence-corrected chi connectivity index (χ3v) is 1.83. The Morgan fingerprint density at radius 1 is 1.50 bits per heavy atom. The second-order valence-corrected chi connectivity index (χ2v) is 3.52. The second-order valence-electron chi connectivity index (χ2n) is 3.52. The molecule has 0 saturated carbocycles. The molecule has 2 amide bonds. The van der Waals surface area contributed by atoms with Gasteiger partial charge in [-0.2, -0.15) is 5.21 Å². The zero-order valence-corrected chi connectivity index (χ0v) is 9.34. The van der Waals surface area contributed by atoms with Crippen LogP contribution in [0.15, 0.2) is 0 Å². The zero-order valence-electron chi connectivity index (χ0n) is 9.34. The van der Waals surface area contributed by atoms with Crippen LogP contribution < -0.4 is 11.2 Å². The normalized spacial score (nSPS) is 10.5. The smallest absolute Gasteiger partial charge is 0.309 e. The Bertz CT molecular complexity index is 310. The van der Waals surface area contributed by atoms with Crippen LogP contribution in [0.3, 0.4) is 0 Å². The molecular weight excluding hydrogens is 212 g/mol. The average molecular weight is 228 g/mol. The van der Waals surface area contributed by atoms with Crippen molar-refractivity contribution in [3.05, 3.63) is 0 Å². The minimum absolute atomic E-state index is 0.105. The number of rotatable bonds is 5. The van der Waals surface area contributed by atoms with Gasteiger partial charge in [-0.1, -0.05) is 5.10 Å². The van der Waals surface area contributed by atoms with E-state index in [-0.39, 0.29) is 5.95 Å². The lowest BCUT2D eigenvalue weighted by molar-refractivity contribution is 0.209. The van der Waals surface area contributed by atoms with E-state index < -0.39 is 6.03 Å². The number of tetrazole rings is 1. The fourth-order valence-electron chi connectivity index (χ4n) is 1.04. The highest BCUT2D eigenvalue weighted by atomic mass is 16.2. The quantitative estimate of drug-likeness (QED) is 0.333. The van der Waals surface area contributed by atoms with Crippen molar-refractivity contribution < 1.29 is 4.79 Å². The van der Waals surface area contributed by atoms with Crippen LogP contribution in [0.2, 0.25) is 0 Å². The fraction of sp³-hybridized carbons (Fsp3) is 0.714. The van der Waals surface area contributed by atoms with Gasteiger partial charge in [-0.05, 0) is 32.3 Å². The van der Waals surface area contributed by atoms with Gasteiger partial charge in [0.2, 0.25) is 0 Å². The molecule has 9 nitrogen and oxygen atoms in total. The molecule has 0 fully saturated rings. The number of carbonyl (C=O) groups is 1. The third kappa shape index (κ3) is 4.19. The summed E-state index contributed by atoms with van der Waals surface area (Å²) in [6.45, 7) is 1.32. The number of anilines is 1. The highest BCUT2D eigenvalue weighted by Crippen LogP contribution is 1.94. The lowest BCUT2D eigenvalue weighted by Crippen LogP contribution is -2.42. The van der Waals surface area contributed by atoms with E-state index in [1.807, 2.05) is 19.0 Å². The lowest BCUT2D eigenvalue weighted by atomic mass is 10.4. The molecule has 1 heterocycles. The van der Waals surface area contributed by atoms with Gasteiger partial charge in [0, 0.05) is 6.54 Å². The van der Waals surface area contributed by atoms with E-state index >= 15 is 0 Å². The molecule has 4 N–H and O–H groups in total. The molecule has 0 unspecified atom stereocenters. The summed E-state index contributed by atoms with van der Waals surface area (Å²) in [5, 5.41) is 16.2. The number of nitrogens with one attached hydrogen (secondary N) is 2. The number of nitrogens with zero attached hydrogens (tertiary/aromatic N) is 5. The standard InChI is InChI=1S/C7H16N8O/c1-14(2)4-3-5-15(8)7(16)9-6-10-12-13-11-6/h3-5,8H2,1-2H3,(H2,9,10,11,12,13,16). The molecule has 0 spiro atoms. The summed E-state index contributed by atoms with van der Waals surface area (Å²) in [4.78, 5) is 13.5. The molecule has 9 heteroatoms. The summed E-state index contributed by atoms with van der Waals surface area (Å²) < 4.78 is 0. The predicted octanol–water partition coefficient (Wildman–Crippen LogP) is -1.14. The number of aromatic amines is 1. The van der Waals surface area contributed by atoms with Crippen LogP contribution in [-0.4, -0.2) is 63.7 Å². The molecule has 0 radical (unpaired) electrons. The minimum Gasteiger partial charge on any atom is -0.309 e. The van der Waals surface area contributed by atoms with Gasteiger partial charge in [0.15, 0.2) is 0 Å². The van der Waals surface area contributed by atoms with Crippen molar-refractivity contribution in [2.24, 2.45) is 5.84 Å². The molecule has 1 rings (SSSR count). The third-order valence-electron chi connectivity index (χ3n) is 1.83. The van der Waals surface area contributed by atoms with Crippen molar-refractivity contribution in [3.63, 3.8) is 0 Å². The maximum Gasteiger partial charge on any atom is 0.338 e. The first-order valence-electron chi connectivity index (χ1n) is 4.81.